The van der Waals surface area contributed by atoms with Crippen molar-refractivity contribution in [3.8, 4) is 0 Å². The third-order valence-corrected chi connectivity index (χ3v) is 5.67. The zero-order chi connectivity index (χ0) is 17.2. The Balaban J connectivity index is 1.56. The number of nitrogens with one attached hydrogen (secondary N) is 2. The summed E-state index contributed by atoms with van der Waals surface area (Å²) in [5, 5.41) is 7.97. The van der Waals surface area contributed by atoms with Gasteiger partial charge in [-0.3, -0.25) is 4.99 Å². The van der Waals surface area contributed by atoms with Crippen LogP contribution in [0.1, 0.15) is 48.4 Å². The van der Waals surface area contributed by atoms with Crippen LogP contribution < -0.4 is 10.6 Å². The molecule has 1 saturated carbocycles. The van der Waals surface area contributed by atoms with Crippen LogP contribution in [0, 0.1) is 6.92 Å². The monoisotopic (exact) mass is 351 g/mol. The van der Waals surface area contributed by atoms with Crippen molar-refractivity contribution < 1.29 is 0 Å². The largest absolute Gasteiger partial charge is 0.356 e. The Morgan fingerprint density at radius 3 is 2.71 bits per heavy atom. The van der Waals surface area contributed by atoms with Gasteiger partial charge in [-0.2, -0.15) is 0 Å². The molecule has 0 saturated heterocycles. The van der Waals surface area contributed by atoms with Gasteiger partial charge in [-0.05, 0) is 39.8 Å². The van der Waals surface area contributed by atoms with Gasteiger partial charge in [-0.1, -0.05) is 19.3 Å². The van der Waals surface area contributed by atoms with E-state index >= 15 is 0 Å². The first-order valence-corrected chi connectivity index (χ1v) is 10.1. The van der Waals surface area contributed by atoms with Crippen molar-refractivity contribution >= 4 is 17.3 Å². The molecule has 2 rings (SSSR count). The molecule has 1 aliphatic rings. The normalized spacial score (nSPS) is 16.6. The van der Waals surface area contributed by atoms with Crippen LogP contribution in [0.15, 0.2) is 11.2 Å². The molecule has 1 aromatic rings. The summed E-state index contributed by atoms with van der Waals surface area (Å²) in [6, 6.07) is 0.804. The average molecular weight is 352 g/mol. The van der Waals surface area contributed by atoms with Gasteiger partial charge in [0, 0.05) is 43.7 Å². The third kappa shape index (κ3) is 6.77. The van der Waals surface area contributed by atoms with Crippen molar-refractivity contribution in [1.29, 1.82) is 0 Å². The van der Waals surface area contributed by atoms with Gasteiger partial charge in [-0.15, -0.1) is 11.3 Å². The van der Waals surface area contributed by atoms with Crippen LogP contribution in [-0.4, -0.2) is 55.6 Å². The number of aliphatic imine (C=N–C) groups is 1. The molecule has 0 unspecified atom stereocenters. The summed E-state index contributed by atoms with van der Waals surface area (Å²) in [7, 11) is 4.11. The molecule has 0 spiro atoms. The summed E-state index contributed by atoms with van der Waals surface area (Å²) in [4.78, 5) is 12.5. The molecular formula is C18H33N5S. The standard InChI is InChI=1S/C18H33N5S/c1-15-14-22-17(24-15)10-12-21-18(19-2)20-11-7-13-23(3)16-8-5-4-6-9-16/h14,16H,4-13H2,1-3H3,(H2,19,20,21). The number of hydrogen-bond donors (Lipinski definition) is 2. The third-order valence-electron chi connectivity index (χ3n) is 4.70. The smallest absolute Gasteiger partial charge is 0.190 e. The molecule has 6 heteroatoms. The molecule has 24 heavy (non-hydrogen) atoms. The van der Waals surface area contributed by atoms with E-state index in [4.69, 9.17) is 0 Å². The van der Waals surface area contributed by atoms with Gasteiger partial charge in [0.25, 0.3) is 0 Å². The van der Waals surface area contributed by atoms with Crippen molar-refractivity contribution in [2.75, 3.05) is 33.7 Å². The van der Waals surface area contributed by atoms with Crippen LogP contribution in [0.3, 0.4) is 0 Å². The van der Waals surface area contributed by atoms with Gasteiger partial charge < -0.3 is 15.5 Å². The summed E-state index contributed by atoms with van der Waals surface area (Å²) in [6.45, 7) is 5.09. The van der Waals surface area contributed by atoms with Crippen LogP contribution in [0.5, 0.6) is 0 Å². The van der Waals surface area contributed by atoms with E-state index in [9.17, 15) is 0 Å². The Morgan fingerprint density at radius 1 is 1.29 bits per heavy atom. The van der Waals surface area contributed by atoms with E-state index in [1.54, 1.807) is 11.3 Å². The number of nitrogens with zero attached hydrogens (tertiary/aromatic N) is 3. The first-order chi connectivity index (χ1) is 11.7. The fourth-order valence-electron chi connectivity index (χ4n) is 3.27. The van der Waals surface area contributed by atoms with Gasteiger partial charge in [0.15, 0.2) is 5.96 Å². The maximum absolute atomic E-state index is 4.39. The topological polar surface area (TPSA) is 52.6 Å². The van der Waals surface area contributed by atoms with Crippen LogP contribution in [0.25, 0.3) is 0 Å². The highest BCUT2D eigenvalue weighted by Crippen LogP contribution is 2.21. The molecule has 136 valence electrons. The molecule has 1 fully saturated rings. The molecule has 0 aromatic carbocycles. The van der Waals surface area contributed by atoms with Crippen molar-refractivity contribution in [2.24, 2.45) is 4.99 Å². The second-order valence-electron chi connectivity index (χ2n) is 6.67. The van der Waals surface area contributed by atoms with Crippen LogP contribution in [0.2, 0.25) is 0 Å². The summed E-state index contributed by atoms with van der Waals surface area (Å²) in [5.74, 6) is 0.892. The minimum Gasteiger partial charge on any atom is -0.356 e. The van der Waals surface area contributed by atoms with Gasteiger partial charge in [0.2, 0.25) is 0 Å². The van der Waals surface area contributed by atoms with Crippen molar-refractivity contribution in [3.63, 3.8) is 0 Å². The first kappa shape index (κ1) is 19.2. The van der Waals surface area contributed by atoms with Crippen LogP contribution >= 0.6 is 11.3 Å². The zero-order valence-electron chi connectivity index (χ0n) is 15.5. The van der Waals surface area contributed by atoms with Crippen molar-refractivity contribution in [3.05, 3.63) is 16.1 Å². The molecule has 0 atom stereocenters. The Hall–Kier alpha value is -1.14. The number of hydrogen-bond acceptors (Lipinski definition) is 4. The Kier molecular flexibility index (Phi) is 8.53. The lowest BCUT2D eigenvalue weighted by atomic mass is 9.94. The quantitative estimate of drug-likeness (QED) is 0.430. The molecule has 0 amide bonds. The molecule has 1 heterocycles. The maximum Gasteiger partial charge on any atom is 0.190 e. The first-order valence-electron chi connectivity index (χ1n) is 9.25. The summed E-state index contributed by atoms with van der Waals surface area (Å²) in [5.41, 5.74) is 0. The van der Waals surface area contributed by atoms with Crippen LogP contribution in [0.4, 0.5) is 0 Å². The van der Waals surface area contributed by atoms with E-state index in [0.29, 0.717) is 0 Å². The number of rotatable bonds is 8. The van der Waals surface area contributed by atoms with E-state index in [0.717, 1.165) is 44.5 Å². The molecule has 0 bridgehead atoms. The summed E-state index contributed by atoms with van der Waals surface area (Å²) < 4.78 is 0. The van der Waals surface area contributed by atoms with E-state index in [1.807, 2.05) is 13.2 Å². The minimum atomic E-state index is 0.804. The minimum absolute atomic E-state index is 0.804. The predicted molar refractivity (Wildman–Crippen MR) is 104 cm³/mol. The molecule has 2 N–H and O–H groups in total. The predicted octanol–water partition coefficient (Wildman–Crippen LogP) is 2.81. The van der Waals surface area contributed by atoms with Crippen molar-refractivity contribution in [1.82, 2.24) is 20.5 Å². The van der Waals surface area contributed by atoms with E-state index in [2.05, 4.69) is 39.5 Å². The number of guanidine groups is 1. The molecule has 0 aliphatic heterocycles. The summed E-state index contributed by atoms with van der Waals surface area (Å²) in [6.07, 6.45) is 11.0. The fourth-order valence-corrected chi connectivity index (χ4v) is 4.05. The molecule has 1 aliphatic carbocycles. The molecular weight excluding hydrogens is 318 g/mol. The van der Waals surface area contributed by atoms with Gasteiger partial charge in [0.1, 0.15) is 0 Å². The van der Waals surface area contributed by atoms with E-state index in [-0.39, 0.29) is 0 Å². The lowest BCUT2D eigenvalue weighted by molar-refractivity contribution is 0.190. The van der Waals surface area contributed by atoms with Gasteiger partial charge in [0.05, 0.1) is 5.01 Å². The highest BCUT2D eigenvalue weighted by Gasteiger charge is 2.17. The zero-order valence-corrected chi connectivity index (χ0v) is 16.3. The molecule has 0 radical (unpaired) electrons. The second kappa shape index (κ2) is 10.7. The van der Waals surface area contributed by atoms with E-state index < -0.39 is 0 Å². The molecule has 5 nitrogen and oxygen atoms in total. The lowest BCUT2D eigenvalue weighted by Gasteiger charge is -2.31. The second-order valence-corrected chi connectivity index (χ2v) is 7.99. The van der Waals surface area contributed by atoms with Crippen molar-refractivity contribution in [2.45, 2.75) is 57.9 Å². The number of aryl methyl sites for hydroxylation is 1. The van der Waals surface area contributed by atoms with Crippen LogP contribution in [-0.2, 0) is 6.42 Å². The highest BCUT2D eigenvalue weighted by molar-refractivity contribution is 7.11. The number of thiazole rings is 1. The van der Waals surface area contributed by atoms with E-state index in [1.165, 1.54) is 42.0 Å². The lowest BCUT2D eigenvalue weighted by Crippen LogP contribution is -2.40. The Labute approximate surface area is 151 Å². The SMILES string of the molecule is CN=C(NCCCN(C)C1CCCCC1)NCCc1ncc(C)s1. The number of aromatic nitrogens is 1. The maximum atomic E-state index is 4.39. The van der Waals surface area contributed by atoms with Gasteiger partial charge in [-0.25, -0.2) is 4.98 Å². The average Bonchev–Trinajstić information content (AvgIpc) is 3.02. The Bertz CT molecular complexity index is 493. The fraction of sp³-hybridized carbons (Fsp3) is 0.778. The highest BCUT2D eigenvalue weighted by atomic mass is 32.1. The molecule has 1 aromatic heterocycles. The van der Waals surface area contributed by atoms with Gasteiger partial charge >= 0.3 is 0 Å². The Morgan fingerprint density at radius 2 is 2.04 bits per heavy atom. The summed E-state index contributed by atoms with van der Waals surface area (Å²) >= 11 is 1.77.